The van der Waals surface area contributed by atoms with Gasteiger partial charge < -0.3 is 14.6 Å². The molecule has 2 heterocycles. The quantitative estimate of drug-likeness (QED) is 0.401. The molecule has 0 saturated carbocycles. The van der Waals surface area contributed by atoms with Gasteiger partial charge in [-0.05, 0) is 29.2 Å². The monoisotopic (exact) mass is 475 g/mol. The number of hydrogen-bond donors (Lipinski definition) is 1. The summed E-state index contributed by atoms with van der Waals surface area (Å²) in [6.45, 7) is 4.77. The van der Waals surface area contributed by atoms with Crippen LogP contribution in [-0.2, 0) is 31.0 Å². The van der Waals surface area contributed by atoms with Gasteiger partial charge in [-0.1, -0.05) is 56.3 Å². The van der Waals surface area contributed by atoms with E-state index in [0.29, 0.717) is 17.7 Å². The van der Waals surface area contributed by atoms with Gasteiger partial charge >= 0.3 is 5.69 Å². The summed E-state index contributed by atoms with van der Waals surface area (Å²) >= 11 is 0. The maximum atomic E-state index is 13.4. The van der Waals surface area contributed by atoms with Gasteiger partial charge in [0.25, 0.3) is 5.56 Å². The van der Waals surface area contributed by atoms with Crippen LogP contribution < -0.4 is 21.3 Å². The summed E-state index contributed by atoms with van der Waals surface area (Å²) in [6.07, 6.45) is 1.58. The van der Waals surface area contributed by atoms with Gasteiger partial charge in [0.05, 0.1) is 20.0 Å². The largest absolute Gasteiger partial charge is 0.497 e. The standard InChI is InChI=1S/C26H29N5O4/c1-18(2)14-29-17-28-24-23(29)25(33)31(26(34)30(24)15-20-7-5-4-6-8-20)16-22(32)27-13-19-9-11-21(35-3)12-10-19/h4-12,17-18H,13-16H2,1-3H3,(H,27,32). The van der Waals surface area contributed by atoms with Crippen molar-refractivity contribution in [1.82, 2.24) is 24.0 Å². The van der Waals surface area contributed by atoms with E-state index in [1.165, 1.54) is 4.57 Å². The van der Waals surface area contributed by atoms with Crippen molar-refractivity contribution in [2.45, 2.75) is 40.0 Å². The summed E-state index contributed by atoms with van der Waals surface area (Å²) in [6, 6.07) is 16.8. The molecule has 9 heteroatoms. The molecule has 0 aliphatic heterocycles. The van der Waals surface area contributed by atoms with Crippen LogP contribution in [0.4, 0.5) is 0 Å². The molecule has 35 heavy (non-hydrogen) atoms. The van der Waals surface area contributed by atoms with Crippen LogP contribution >= 0.6 is 0 Å². The smallest absolute Gasteiger partial charge is 0.333 e. The molecule has 0 aliphatic carbocycles. The highest BCUT2D eigenvalue weighted by Crippen LogP contribution is 2.12. The number of benzene rings is 2. The van der Waals surface area contributed by atoms with E-state index in [2.05, 4.69) is 10.3 Å². The Morgan fingerprint density at radius 3 is 2.37 bits per heavy atom. The summed E-state index contributed by atoms with van der Waals surface area (Å²) in [4.78, 5) is 44.0. The maximum absolute atomic E-state index is 13.4. The highest BCUT2D eigenvalue weighted by atomic mass is 16.5. The van der Waals surface area contributed by atoms with Crippen molar-refractivity contribution in [2.24, 2.45) is 5.92 Å². The zero-order valence-corrected chi connectivity index (χ0v) is 20.1. The Balaban J connectivity index is 1.68. The van der Waals surface area contributed by atoms with Crippen molar-refractivity contribution in [3.8, 4) is 5.75 Å². The predicted octanol–water partition coefficient (Wildman–Crippen LogP) is 2.39. The lowest BCUT2D eigenvalue weighted by molar-refractivity contribution is -0.121. The minimum Gasteiger partial charge on any atom is -0.497 e. The number of imidazole rings is 1. The molecule has 1 N–H and O–H groups in total. The average molecular weight is 476 g/mol. The summed E-state index contributed by atoms with van der Waals surface area (Å²) < 4.78 is 9.36. The Labute approximate surface area is 202 Å². The third kappa shape index (κ3) is 5.34. The molecule has 0 saturated heterocycles. The number of hydrogen-bond acceptors (Lipinski definition) is 5. The predicted molar refractivity (Wildman–Crippen MR) is 133 cm³/mol. The number of aromatic nitrogens is 4. The van der Waals surface area contributed by atoms with Crippen LogP contribution in [0.1, 0.15) is 25.0 Å². The molecule has 0 unspecified atom stereocenters. The highest BCUT2D eigenvalue weighted by Gasteiger charge is 2.20. The SMILES string of the molecule is COc1ccc(CNC(=O)Cn2c(=O)c3c(ncn3CC(C)C)n(Cc3ccccc3)c2=O)cc1. The fourth-order valence-electron chi connectivity index (χ4n) is 3.96. The van der Waals surface area contributed by atoms with E-state index in [9.17, 15) is 14.4 Å². The molecular formula is C26H29N5O4. The van der Waals surface area contributed by atoms with E-state index in [1.54, 1.807) is 30.1 Å². The molecule has 182 valence electrons. The van der Waals surface area contributed by atoms with Gasteiger partial charge in [-0.3, -0.25) is 14.2 Å². The number of fused-ring (bicyclic) bond motifs is 1. The molecule has 0 radical (unpaired) electrons. The average Bonchev–Trinajstić information content (AvgIpc) is 3.27. The van der Waals surface area contributed by atoms with Crippen LogP contribution in [-0.4, -0.2) is 31.7 Å². The van der Waals surface area contributed by atoms with Crippen molar-refractivity contribution in [3.63, 3.8) is 0 Å². The number of ether oxygens (including phenoxy) is 1. The van der Waals surface area contributed by atoms with E-state index in [1.807, 2.05) is 56.3 Å². The van der Waals surface area contributed by atoms with Crippen molar-refractivity contribution >= 4 is 17.1 Å². The van der Waals surface area contributed by atoms with Crippen molar-refractivity contribution in [1.29, 1.82) is 0 Å². The second kappa shape index (κ2) is 10.4. The first-order chi connectivity index (χ1) is 16.9. The molecule has 9 nitrogen and oxygen atoms in total. The fourth-order valence-corrected chi connectivity index (χ4v) is 3.96. The topological polar surface area (TPSA) is 100 Å². The van der Waals surface area contributed by atoms with Crippen molar-refractivity contribution in [2.75, 3.05) is 7.11 Å². The van der Waals surface area contributed by atoms with E-state index >= 15 is 0 Å². The van der Waals surface area contributed by atoms with Crippen LogP contribution in [0.25, 0.3) is 11.2 Å². The Morgan fingerprint density at radius 1 is 1.00 bits per heavy atom. The van der Waals surface area contributed by atoms with Gasteiger partial charge in [0.1, 0.15) is 12.3 Å². The Morgan fingerprint density at radius 2 is 1.71 bits per heavy atom. The fraction of sp³-hybridized carbons (Fsp3) is 0.308. The summed E-state index contributed by atoms with van der Waals surface area (Å²) in [5, 5.41) is 2.79. The molecule has 0 bridgehead atoms. The van der Waals surface area contributed by atoms with Gasteiger partial charge in [-0.25, -0.2) is 14.3 Å². The summed E-state index contributed by atoms with van der Waals surface area (Å²) in [5.74, 6) is 0.556. The zero-order valence-electron chi connectivity index (χ0n) is 20.1. The Kier molecular flexibility index (Phi) is 7.14. The first-order valence-corrected chi connectivity index (χ1v) is 11.5. The number of amides is 1. The van der Waals surface area contributed by atoms with Gasteiger partial charge in [0.15, 0.2) is 11.2 Å². The van der Waals surface area contributed by atoms with Crippen molar-refractivity contribution < 1.29 is 9.53 Å². The summed E-state index contributed by atoms with van der Waals surface area (Å²) in [7, 11) is 1.59. The third-order valence-corrected chi connectivity index (χ3v) is 5.68. The maximum Gasteiger partial charge on any atom is 0.333 e. The second-order valence-corrected chi connectivity index (χ2v) is 8.83. The van der Waals surface area contributed by atoms with Gasteiger partial charge in [-0.2, -0.15) is 0 Å². The lowest BCUT2D eigenvalue weighted by Gasteiger charge is -2.14. The zero-order chi connectivity index (χ0) is 24.9. The minimum atomic E-state index is -0.569. The number of methoxy groups -OCH3 is 1. The molecule has 0 spiro atoms. The molecule has 1 amide bonds. The van der Waals surface area contributed by atoms with Crippen LogP contribution in [0, 0.1) is 5.92 Å². The molecule has 4 rings (SSSR count). The van der Waals surface area contributed by atoms with Crippen LogP contribution in [0.5, 0.6) is 5.75 Å². The van der Waals surface area contributed by atoms with E-state index in [0.717, 1.165) is 21.4 Å². The van der Waals surface area contributed by atoms with Crippen LogP contribution in [0.2, 0.25) is 0 Å². The van der Waals surface area contributed by atoms with E-state index < -0.39 is 17.2 Å². The first kappa shape index (κ1) is 24.0. The molecule has 2 aromatic carbocycles. The lowest BCUT2D eigenvalue weighted by atomic mass is 10.2. The molecule has 0 fully saturated rings. The van der Waals surface area contributed by atoms with Gasteiger partial charge in [0, 0.05) is 13.1 Å². The normalized spacial score (nSPS) is 11.2. The molecule has 4 aromatic rings. The van der Waals surface area contributed by atoms with Crippen LogP contribution in [0.3, 0.4) is 0 Å². The minimum absolute atomic E-state index is 0.239. The first-order valence-electron chi connectivity index (χ1n) is 11.5. The van der Waals surface area contributed by atoms with E-state index in [-0.39, 0.29) is 25.6 Å². The third-order valence-electron chi connectivity index (χ3n) is 5.68. The molecule has 2 aromatic heterocycles. The number of rotatable bonds is 9. The van der Waals surface area contributed by atoms with Gasteiger partial charge in [0.2, 0.25) is 5.91 Å². The second-order valence-electron chi connectivity index (χ2n) is 8.83. The number of carbonyl (C=O) groups is 1. The number of carbonyl (C=O) groups excluding carboxylic acids is 1. The number of nitrogens with zero attached hydrogens (tertiary/aromatic N) is 4. The molecule has 0 aliphatic rings. The lowest BCUT2D eigenvalue weighted by Crippen LogP contribution is -2.44. The summed E-state index contributed by atoms with van der Waals surface area (Å²) in [5.41, 5.74) is 1.31. The van der Waals surface area contributed by atoms with Crippen molar-refractivity contribution in [3.05, 3.63) is 92.9 Å². The molecule has 0 atom stereocenters. The number of nitrogens with one attached hydrogen (secondary N) is 1. The van der Waals surface area contributed by atoms with Gasteiger partial charge in [-0.15, -0.1) is 0 Å². The Hall–Kier alpha value is -4.14. The Bertz CT molecular complexity index is 1430. The molecular weight excluding hydrogens is 446 g/mol. The highest BCUT2D eigenvalue weighted by molar-refractivity contribution is 5.76. The van der Waals surface area contributed by atoms with Crippen LogP contribution in [0.15, 0.2) is 70.5 Å². The van der Waals surface area contributed by atoms with E-state index in [4.69, 9.17) is 4.74 Å².